The summed E-state index contributed by atoms with van der Waals surface area (Å²) in [4.78, 5) is 10.7. The highest BCUT2D eigenvalue weighted by Gasteiger charge is 2.13. The lowest BCUT2D eigenvalue weighted by Gasteiger charge is -2.08. The topological polar surface area (TPSA) is 37.3 Å². The summed E-state index contributed by atoms with van der Waals surface area (Å²) in [5, 5.41) is 9.47. The standard InChI is InChI=1S/C10H10BrClO2/c1-6(14)10(11)8-2-7(5-13)3-9(12)4-8/h2-4,10,13H,5H2,1H3. The minimum absolute atomic E-state index is 0.0103. The Hall–Kier alpha value is -0.380. The number of aliphatic hydroxyl groups is 1. The number of Topliss-reactive ketones (excluding diaryl/α,β-unsaturated/α-hetero) is 1. The van der Waals surface area contributed by atoms with Crippen molar-refractivity contribution in [3.8, 4) is 0 Å². The van der Waals surface area contributed by atoms with E-state index < -0.39 is 0 Å². The number of hydrogen-bond acceptors (Lipinski definition) is 2. The predicted octanol–water partition coefficient (Wildman–Crippen LogP) is 2.86. The summed E-state index contributed by atoms with van der Waals surface area (Å²) < 4.78 is 0. The van der Waals surface area contributed by atoms with Gasteiger partial charge in [-0.2, -0.15) is 0 Å². The van der Waals surface area contributed by atoms with Crippen molar-refractivity contribution in [3.05, 3.63) is 34.3 Å². The van der Waals surface area contributed by atoms with Gasteiger partial charge in [0.05, 0.1) is 11.4 Å². The third-order valence-corrected chi connectivity index (χ3v) is 3.20. The highest BCUT2D eigenvalue weighted by Crippen LogP contribution is 2.27. The van der Waals surface area contributed by atoms with Crippen molar-refractivity contribution >= 4 is 33.3 Å². The molecule has 0 aliphatic carbocycles. The van der Waals surface area contributed by atoms with E-state index in [0.29, 0.717) is 10.6 Å². The fourth-order valence-corrected chi connectivity index (χ4v) is 1.68. The van der Waals surface area contributed by atoms with Gasteiger partial charge in [0.25, 0.3) is 0 Å². The maximum atomic E-state index is 11.1. The number of carbonyl (C=O) groups excluding carboxylic acids is 1. The Labute approximate surface area is 96.0 Å². The Morgan fingerprint density at radius 2 is 2.21 bits per heavy atom. The van der Waals surface area contributed by atoms with E-state index in [1.54, 1.807) is 18.2 Å². The van der Waals surface area contributed by atoms with E-state index in [9.17, 15) is 4.79 Å². The SMILES string of the molecule is CC(=O)C(Br)c1cc(Cl)cc(CO)c1. The van der Waals surface area contributed by atoms with Crippen LogP contribution in [0.15, 0.2) is 18.2 Å². The molecule has 0 heterocycles. The second-order valence-corrected chi connectivity index (χ2v) is 4.38. The van der Waals surface area contributed by atoms with E-state index in [4.69, 9.17) is 16.7 Å². The van der Waals surface area contributed by atoms with E-state index in [1.807, 2.05) is 0 Å². The largest absolute Gasteiger partial charge is 0.392 e. The van der Waals surface area contributed by atoms with E-state index in [-0.39, 0.29) is 17.2 Å². The summed E-state index contributed by atoms with van der Waals surface area (Å²) in [5.74, 6) is 0.0103. The van der Waals surface area contributed by atoms with E-state index in [1.165, 1.54) is 6.92 Å². The summed E-state index contributed by atoms with van der Waals surface area (Å²) in [6.45, 7) is 1.42. The molecule has 0 spiro atoms. The molecule has 0 saturated heterocycles. The van der Waals surface area contributed by atoms with E-state index in [2.05, 4.69) is 15.9 Å². The van der Waals surface area contributed by atoms with Crippen molar-refractivity contribution in [2.45, 2.75) is 18.4 Å². The Kier molecular flexibility index (Phi) is 4.11. The van der Waals surface area contributed by atoms with Gasteiger partial charge in [0.2, 0.25) is 0 Å². The minimum Gasteiger partial charge on any atom is -0.392 e. The van der Waals surface area contributed by atoms with Crippen LogP contribution in [0.3, 0.4) is 0 Å². The number of rotatable bonds is 3. The van der Waals surface area contributed by atoms with Crippen LogP contribution in [-0.4, -0.2) is 10.9 Å². The number of aliphatic hydroxyl groups excluding tert-OH is 1. The first-order valence-corrected chi connectivity index (χ1v) is 5.38. The minimum atomic E-state index is -0.355. The van der Waals surface area contributed by atoms with Crippen LogP contribution < -0.4 is 0 Å². The Morgan fingerprint density at radius 3 is 2.71 bits per heavy atom. The van der Waals surface area contributed by atoms with Gasteiger partial charge in [-0.15, -0.1) is 0 Å². The quantitative estimate of drug-likeness (QED) is 0.863. The molecule has 0 aliphatic heterocycles. The van der Waals surface area contributed by atoms with Gasteiger partial charge >= 0.3 is 0 Å². The number of hydrogen-bond donors (Lipinski definition) is 1. The highest BCUT2D eigenvalue weighted by molar-refractivity contribution is 9.09. The number of halogens is 2. The summed E-state index contributed by atoms with van der Waals surface area (Å²) in [7, 11) is 0. The zero-order chi connectivity index (χ0) is 10.7. The summed E-state index contributed by atoms with van der Waals surface area (Å²) in [6, 6.07) is 5.14. The fraction of sp³-hybridized carbons (Fsp3) is 0.300. The maximum absolute atomic E-state index is 11.1. The van der Waals surface area contributed by atoms with Gasteiger partial charge in [0, 0.05) is 5.02 Å². The van der Waals surface area contributed by atoms with Crippen LogP contribution in [0.25, 0.3) is 0 Å². The van der Waals surface area contributed by atoms with Crippen LogP contribution in [0.5, 0.6) is 0 Å². The van der Waals surface area contributed by atoms with Crippen LogP contribution in [0.2, 0.25) is 5.02 Å². The Bertz CT molecular complexity index is 352. The molecule has 0 amide bonds. The number of benzene rings is 1. The van der Waals surface area contributed by atoms with Crippen LogP contribution in [0.1, 0.15) is 22.9 Å². The molecule has 0 saturated carbocycles. The third-order valence-electron chi connectivity index (χ3n) is 1.81. The van der Waals surface area contributed by atoms with Crippen molar-refractivity contribution in [2.75, 3.05) is 0 Å². The molecule has 14 heavy (non-hydrogen) atoms. The Morgan fingerprint density at radius 1 is 1.57 bits per heavy atom. The molecule has 1 aromatic carbocycles. The lowest BCUT2D eigenvalue weighted by Crippen LogP contribution is -2.01. The number of alkyl halides is 1. The monoisotopic (exact) mass is 276 g/mol. The maximum Gasteiger partial charge on any atom is 0.147 e. The molecule has 76 valence electrons. The molecule has 1 N–H and O–H groups in total. The normalized spacial score (nSPS) is 12.6. The first-order valence-electron chi connectivity index (χ1n) is 4.09. The molecule has 0 bridgehead atoms. The van der Waals surface area contributed by atoms with Gasteiger partial charge in [0.15, 0.2) is 0 Å². The molecule has 2 nitrogen and oxygen atoms in total. The van der Waals surface area contributed by atoms with Crippen molar-refractivity contribution in [2.24, 2.45) is 0 Å². The van der Waals surface area contributed by atoms with Gasteiger partial charge in [-0.25, -0.2) is 0 Å². The first-order chi connectivity index (χ1) is 6.54. The van der Waals surface area contributed by atoms with Crippen molar-refractivity contribution in [1.82, 2.24) is 0 Å². The smallest absolute Gasteiger partial charge is 0.147 e. The molecule has 0 aromatic heterocycles. The molecule has 4 heteroatoms. The molecule has 1 aromatic rings. The third kappa shape index (κ3) is 2.80. The Balaban J connectivity index is 3.08. The molecular formula is C10H10BrClO2. The van der Waals surface area contributed by atoms with Crippen LogP contribution in [-0.2, 0) is 11.4 Å². The molecule has 1 rings (SSSR count). The van der Waals surface area contributed by atoms with E-state index >= 15 is 0 Å². The zero-order valence-corrected chi connectivity index (χ0v) is 9.97. The molecule has 0 fully saturated rings. The van der Waals surface area contributed by atoms with Gasteiger partial charge in [-0.1, -0.05) is 33.6 Å². The second-order valence-electron chi connectivity index (χ2n) is 3.02. The van der Waals surface area contributed by atoms with Gasteiger partial charge in [-0.3, -0.25) is 4.79 Å². The van der Waals surface area contributed by atoms with Crippen molar-refractivity contribution in [1.29, 1.82) is 0 Å². The van der Waals surface area contributed by atoms with Crippen molar-refractivity contribution < 1.29 is 9.90 Å². The average molecular weight is 278 g/mol. The molecule has 1 unspecified atom stereocenters. The molecule has 1 atom stereocenters. The summed E-state index contributed by atoms with van der Waals surface area (Å²) in [6.07, 6.45) is 0. The first kappa shape index (κ1) is 11.7. The lowest BCUT2D eigenvalue weighted by atomic mass is 10.1. The van der Waals surface area contributed by atoms with Gasteiger partial charge < -0.3 is 5.11 Å². The summed E-state index contributed by atoms with van der Waals surface area (Å²) in [5.41, 5.74) is 1.48. The number of ketones is 1. The van der Waals surface area contributed by atoms with E-state index in [0.717, 1.165) is 5.56 Å². The van der Waals surface area contributed by atoms with Crippen molar-refractivity contribution in [3.63, 3.8) is 0 Å². The molecule has 0 aliphatic rings. The second kappa shape index (κ2) is 4.91. The molecule has 0 radical (unpaired) electrons. The number of carbonyl (C=O) groups is 1. The average Bonchev–Trinajstić information content (AvgIpc) is 2.15. The van der Waals surface area contributed by atoms with Gasteiger partial charge in [0.1, 0.15) is 5.78 Å². The van der Waals surface area contributed by atoms with Crippen LogP contribution in [0, 0.1) is 0 Å². The van der Waals surface area contributed by atoms with Gasteiger partial charge in [-0.05, 0) is 30.2 Å². The summed E-state index contributed by atoms with van der Waals surface area (Å²) >= 11 is 9.09. The fourth-order valence-electron chi connectivity index (χ4n) is 1.15. The van der Waals surface area contributed by atoms with Crippen LogP contribution in [0.4, 0.5) is 0 Å². The zero-order valence-electron chi connectivity index (χ0n) is 7.63. The molecular weight excluding hydrogens is 267 g/mol. The predicted molar refractivity (Wildman–Crippen MR) is 59.7 cm³/mol. The van der Waals surface area contributed by atoms with Crippen LogP contribution >= 0.6 is 27.5 Å². The lowest BCUT2D eigenvalue weighted by molar-refractivity contribution is -0.116. The highest BCUT2D eigenvalue weighted by atomic mass is 79.9.